The van der Waals surface area contributed by atoms with Crippen molar-refractivity contribution >= 4 is 17.6 Å². The Labute approximate surface area is 221 Å². The van der Waals surface area contributed by atoms with Gasteiger partial charge < -0.3 is 25.0 Å². The molecular weight excluding hydrogens is 491 g/mol. The quantitative estimate of drug-likeness (QED) is 0.356. The summed E-state index contributed by atoms with van der Waals surface area (Å²) in [5, 5.41) is 26.8. The number of anilines is 1. The first-order chi connectivity index (χ1) is 18.3. The third kappa shape index (κ3) is 5.49. The van der Waals surface area contributed by atoms with Crippen LogP contribution in [0.2, 0.25) is 0 Å². The number of carboxylic acids is 1. The van der Waals surface area contributed by atoms with E-state index in [1.807, 2.05) is 30.3 Å². The number of carbonyl (C=O) groups is 2. The van der Waals surface area contributed by atoms with Gasteiger partial charge in [0.15, 0.2) is 11.6 Å². The molecule has 8 nitrogen and oxygen atoms in total. The van der Waals surface area contributed by atoms with Gasteiger partial charge in [0, 0.05) is 23.4 Å². The molecule has 2 aromatic carbocycles. The molecule has 0 aromatic heterocycles. The van der Waals surface area contributed by atoms with Crippen LogP contribution in [0.15, 0.2) is 42.5 Å². The molecule has 0 saturated heterocycles. The fourth-order valence-corrected chi connectivity index (χ4v) is 6.57. The number of para-hydroxylation sites is 1. The van der Waals surface area contributed by atoms with Crippen LogP contribution in [-0.2, 0) is 9.59 Å². The maximum Gasteiger partial charge on any atom is 0.306 e. The predicted octanol–water partition coefficient (Wildman–Crippen LogP) is 4.49. The van der Waals surface area contributed by atoms with Gasteiger partial charge >= 0.3 is 5.97 Å². The smallest absolute Gasteiger partial charge is 0.306 e. The molecule has 3 fully saturated rings. The first-order valence-electron chi connectivity index (χ1n) is 13.4. The number of aliphatic hydroxyl groups excluding tert-OH is 1. The number of carboxylic acid groups (broad SMARTS) is 1. The fraction of sp³-hybridized carbons (Fsp3) is 0.517. The zero-order chi connectivity index (χ0) is 26.8. The van der Waals surface area contributed by atoms with E-state index in [2.05, 4.69) is 10.6 Å². The summed E-state index contributed by atoms with van der Waals surface area (Å²) in [6.07, 6.45) is 3.37. The number of halogens is 1. The van der Waals surface area contributed by atoms with Crippen LogP contribution in [0.1, 0.15) is 56.7 Å². The summed E-state index contributed by atoms with van der Waals surface area (Å²) >= 11 is 0. The molecule has 9 heteroatoms. The molecule has 2 aromatic rings. The van der Waals surface area contributed by atoms with Gasteiger partial charge in [-0.1, -0.05) is 18.2 Å². The average Bonchev–Trinajstić information content (AvgIpc) is 3.52. The topological polar surface area (TPSA) is 117 Å². The number of aliphatic hydroxyl groups is 1. The molecule has 204 valence electrons. The number of hydrogen-bond acceptors (Lipinski definition) is 6. The van der Waals surface area contributed by atoms with Crippen LogP contribution in [0.25, 0.3) is 0 Å². The molecule has 4 N–H and O–H groups in total. The van der Waals surface area contributed by atoms with Crippen LogP contribution < -0.4 is 20.1 Å². The largest absolute Gasteiger partial charge is 0.496 e. The molecule has 1 unspecified atom stereocenters. The Balaban J connectivity index is 1.31. The summed E-state index contributed by atoms with van der Waals surface area (Å²) in [5.74, 6) is -1.52. The van der Waals surface area contributed by atoms with Gasteiger partial charge in [-0.25, -0.2) is 4.39 Å². The van der Waals surface area contributed by atoms with E-state index in [0.29, 0.717) is 31.2 Å². The number of benzene rings is 2. The van der Waals surface area contributed by atoms with Crippen molar-refractivity contribution < 1.29 is 33.7 Å². The summed E-state index contributed by atoms with van der Waals surface area (Å²) in [7, 11) is 1.41. The van der Waals surface area contributed by atoms with Crippen molar-refractivity contribution in [2.75, 3.05) is 12.4 Å². The first-order valence-corrected chi connectivity index (χ1v) is 13.4. The highest BCUT2D eigenvalue weighted by molar-refractivity contribution is 5.93. The van der Waals surface area contributed by atoms with Crippen LogP contribution in [0.4, 0.5) is 10.1 Å². The minimum Gasteiger partial charge on any atom is -0.496 e. The van der Waals surface area contributed by atoms with Crippen molar-refractivity contribution in [3.05, 3.63) is 53.8 Å². The van der Waals surface area contributed by atoms with E-state index in [-0.39, 0.29) is 47.3 Å². The summed E-state index contributed by atoms with van der Waals surface area (Å²) < 4.78 is 26.2. The molecule has 3 aliphatic carbocycles. The van der Waals surface area contributed by atoms with Crippen molar-refractivity contribution in [3.8, 4) is 11.5 Å². The van der Waals surface area contributed by atoms with Crippen molar-refractivity contribution in [2.45, 2.75) is 63.3 Å². The van der Waals surface area contributed by atoms with Crippen LogP contribution in [0.3, 0.4) is 0 Å². The highest BCUT2D eigenvalue weighted by Gasteiger charge is 2.51. The van der Waals surface area contributed by atoms with Crippen molar-refractivity contribution in [2.24, 2.45) is 23.7 Å². The van der Waals surface area contributed by atoms with E-state index < -0.39 is 23.9 Å². The van der Waals surface area contributed by atoms with Gasteiger partial charge in [0.25, 0.3) is 0 Å². The van der Waals surface area contributed by atoms with E-state index in [1.165, 1.54) is 19.2 Å². The number of aliphatic carboxylic acids is 1. The number of ether oxygens (including phenoxy) is 2. The molecule has 1 amide bonds. The van der Waals surface area contributed by atoms with E-state index in [9.17, 15) is 24.2 Å². The van der Waals surface area contributed by atoms with Crippen LogP contribution >= 0.6 is 0 Å². The molecule has 5 rings (SSSR count). The fourth-order valence-electron chi connectivity index (χ4n) is 6.57. The molecular formula is C29H35FN2O6. The Kier molecular flexibility index (Phi) is 7.85. The lowest BCUT2D eigenvalue weighted by atomic mass is 9.83. The second-order valence-electron chi connectivity index (χ2n) is 10.8. The summed E-state index contributed by atoms with van der Waals surface area (Å²) in [4.78, 5) is 24.5. The second-order valence-corrected chi connectivity index (χ2v) is 10.8. The van der Waals surface area contributed by atoms with Crippen LogP contribution in [-0.4, -0.2) is 41.3 Å². The molecule has 2 bridgehead atoms. The highest BCUT2D eigenvalue weighted by Crippen LogP contribution is 2.49. The van der Waals surface area contributed by atoms with Gasteiger partial charge in [-0.2, -0.15) is 0 Å². The number of methoxy groups -OCH3 is 1. The Morgan fingerprint density at radius 1 is 1.00 bits per heavy atom. The molecule has 3 saturated carbocycles. The number of fused-ring (bicyclic) bond motifs is 2. The molecule has 0 heterocycles. The Bertz CT molecular complexity index is 1150. The maximum absolute atomic E-state index is 14.9. The van der Waals surface area contributed by atoms with Crippen molar-refractivity contribution in [1.29, 1.82) is 0 Å². The molecule has 38 heavy (non-hydrogen) atoms. The second kappa shape index (κ2) is 11.3. The Morgan fingerprint density at radius 2 is 1.71 bits per heavy atom. The van der Waals surface area contributed by atoms with Gasteiger partial charge in [-0.3, -0.25) is 14.9 Å². The van der Waals surface area contributed by atoms with E-state index in [0.717, 1.165) is 24.9 Å². The van der Waals surface area contributed by atoms with Gasteiger partial charge in [0.05, 0.1) is 25.0 Å². The number of rotatable bonds is 9. The lowest BCUT2D eigenvalue weighted by Crippen LogP contribution is -2.47. The zero-order valence-corrected chi connectivity index (χ0v) is 21.4. The van der Waals surface area contributed by atoms with E-state index in [1.54, 1.807) is 0 Å². The summed E-state index contributed by atoms with van der Waals surface area (Å²) in [6, 6.07) is 11.7. The Morgan fingerprint density at radius 3 is 2.39 bits per heavy atom. The predicted molar refractivity (Wildman–Crippen MR) is 138 cm³/mol. The van der Waals surface area contributed by atoms with Crippen molar-refractivity contribution in [1.82, 2.24) is 5.32 Å². The third-order valence-corrected chi connectivity index (χ3v) is 8.51. The lowest BCUT2D eigenvalue weighted by Gasteiger charge is -2.33. The van der Waals surface area contributed by atoms with Gasteiger partial charge in [-0.05, 0) is 75.0 Å². The first kappa shape index (κ1) is 26.4. The van der Waals surface area contributed by atoms with Gasteiger partial charge in [-0.15, -0.1) is 0 Å². The minimum absolute atomic E-state index is 0.00765. The van der Waals surface area contributed by atoms with Gasteiger partial charge in [0.1, 0.15) is 12.0 Å². The van der Waals surface area contributed by atoms with Crippen LogP contribution in [0.5, 0.6) is 11.5 Å². The van der Waals surface area contributed by atoms with Crippen molar-refractivity contribution in [3.63, 3.8) is 0 Å². The number of carbonyl (C=O) groups excluding carboxylic acids is 1. The third-order valence-electron chi connectivity index (χ3n) is 8.51. The number of amides is 1. The summed E-state index contributed by atoms with van der Waals surface area (Å²) in [6.45, 7) is 0. The lowest BCUT2D eigenvalue weighted by molar-refractivity contribution is -0.143. The molecule has 3 aliphatic rings. The monoisotopic (exact) mass is 526 g/mol. The average molecular weight is 527 g/mol. The minimum atomic E-state index is -1.20. The number of nitrogens with one attached hydrogen (secondary N) is 2. The highest BCUT2D eigenvalue weighted by atomic mass is 19.1. The SMILES string of the molecule is COc1cc(F)c(OC2CCC(C(=O)O)CC2)cc1C(O)N[C@@H]1[C@H]2CC[C@H](C2)[C@@H]1C(=O)Nc1ccccc1. The molecule has 0 aliphatic heterocycles. The van der Waals surface area contributed by atoms with E-state index in [4.69, 9.17) is 9.47 Å². The molecule has 0 radical (unpaired) electrons. The zero-order valence-electron chi connectivity index (χ0n) is 21.4. The maximum atomic E-state index is 14.9. The molecule has 5 atom stereocenters. The Hall–Kier alpha value is -3.17. The van der Waals surface area contributed by atoms with Crippen LogP contribution in [0, 0.1) is 29.5 Å². The normalized spacial score (nSPS) is 29.0. The number of hydrogen-bond donors (Lipinski definition) is 4. The molecule has 0 spiro atoms. The van der Waals surface area contributed by atoms with E-state index >= 15 is 0 Å². The summed E-state index contributed by atoms with van der Waals surface area (Å²) in [5.41, 5.74) is 1.06. The van der Waals surface area contributed by atoms with Gasteiger partial charge in [0.2, 0.25) is 5.91 Å². The standard InChI is InChI=1S/C29H35FN2O6/c1-37-23-15-22(30)24(38-20-11-9-16(10-12-20)29(35)36)14-21(23)27(33)32-26-18-8-7-17(13-18)25(26)28(34)31-19-5-3-2-4-6-19/h2-6,14-18,20,25-27,32-33H,7-13H2,1H3,(H,31,34)(H,35,36)/t16?,17-,18+,20?,25+,26-,27?/m1/s1.